The Morgan fingerprint density at radius 2 is 1.84 bits per heavy atom. The second-order valence-corrected chi connectivity index (χ2v) is 9.65. The number of carbonyl (C=O) groups excluding carboxylic acids is 2. The van der Waals surface area contributed by atoms with Gasteiger partial charge in [0.1, 0.15) is 11.6 Å². The fourth-order valence-corrected chi connectivity index (χ4v) is 4.91. The predicted octanol–water partition coefficient (Wildman–Crippen LogP) is 5.92. The summed E-state index contributed by atoms with van der Waals surface area (Å²) in [5, 5.41) is 2.63. The first-order valence-electron chi connectivity index (χ1n) is 10.8. The van der Waals surface area contributed by atoms with E-state index in [1.807, 2.05) is 0 Å². The van der Waals surface area contributed by atoms with Gasteiger partial charge in [0, 0.05) is 0 Å². The Kier molecular flexibility index (Phi) is 8.32. The van der Waals surface area contributed by atoms with Gasteiger partial charge in [0.25, 0.3) is 11.8 Å². The summed E-state index contributed by atoms with van der Waals surface area (Å²) in [6.45, 7) is -0.257. The first-order chi connectivity index (χ1) is 17.8. The largest absolute Gasteiger partial charge is 0.495 e. The summed E-state index contributed by atoms with van der Waals surface area (Å²) in [6, 6.07) is 16.0. The van der Waals surface area contributed by atoms with E-state index in [1.54, 1.807) is 48.5 Å². The van der Waals surface area contributed by atoms with Crippen LogP contribution in [0.15, 0.2) is 65.6 Å². The van der Waals surface area contributed by atoms with Gasteiger partial charge in [-0.25, -0.2) is 4.39 Å². The number of hydrogen-bond donors (Lipinski definition) is 1. The number of methoxy groups -OCH3 is 2. The number of nitrogens with zero attached hydrogens (tertiary/aromatic N) is 1. The van der Waals surface area contributed by atoms with Crippen LogP contribution >= 0.6 is 35.6 Å². The van der Waals surface area contributed by atoms with Gasteiger partial charge < -0.3 is 19.5 Å². The number of carbonyl (C=O) groups is 2. The first kappa shape index (κ1) is 26.5. The van der Waals surface area contributed by atoms with Crippen LogP contribution in [0, 0.1) is 5.82 Å². The Hall–Kier alpha value is -3.60. The van der Waals surface area contributed by atoms with Gasteiger partial charge in [-0.2, -0.15) is 0 Å². The topological polar surface area (TPSA) is 77.1 Å². The molecule has 1 heterocycles. The molecule has 1 saturated heterocycles. The lowest BCUT2D eigenvalue weighted by atomic mass is 10.2. The summed E-state index contributed by atoms with van der Waals surface area (Å²) in [5.41, 5.74) is 1.56. The minimum absolute atomic E-state index is 0.104. The number of thioether (sulfide) groups is 1. The summed E-state index contributed by atoms with van der Waals surface area (Å²) in [6.07, 6.45) is 1.66. The molecule has 0 radical (unpaired) electrons. The third kappa shape index (κ3) is 6.04. The quantitative estimate of drug-likeness (QED) is 0.272. The number of thiocarbonyl (C=S) groups is 1. The van der Waals surface area contributed by atoms with Crippen LogP contribution in [-0.2, 0) is 9.59 Å². The van der Waals surface area contributed by atoms with Crippen LogP contribution in [0.1, 0.15) is 5.56 Å². The number of halogens is 2. The third-order valence-electron chi connectivity index (χ3n) is 5.18. The van der Waals surface area contributed by atoms with Crippen molar-refractivity contribution in [3.8, 4) is 17.2 Å². The third-order valence-corrected chi connectivity index (χ3v) is 6.77. The number of amides is 2. The van der Waals surface area contributed by atoms with Gasteiger partial charge in [0.05, 0.1) is 35.5 Å². The molecule has 1 fully saturated rings. The highest BCUT2D eigenvalue weighted by Gasteiger charge is 2.33. The normalized spacial score (nSPS) is 14.2. The second kappa shape index (κ2) is 11.6. The standard InChI is InChI=1S/C26H20ClFN2O5S2/c1-33-20-6-4-3-5-19(20)29-24(31)14-35-21-10-7-15(11-22(21)34-2)12-23-25(32)30(26(36)37-23)16-8-9-18(28)17(27)13-16/h3-13H,14H2,1-2H3,(H,29,31). The lowest BCUT2D eigenvalue weighted by Crippen LogP contribution is -2.27. The molecule has 1 aliphatic rings. The predicted molar refractivity (Wildman–Crippen MR) is 147 cm³/mol. The zero-order chi connectivity index (χ0) is 26.5. The van der Waals surface area contributed by atoms with Crippen molar-refractivity contribution < 1.29 is 28.2 Å². The summed E-state index contributed by atoms with van der Waals surface area (Å²) >= 11 is 12.3. The molecule has 0 saturated carbocycles. The molecule has 0 spiro atoms. The van der Waals surface area contributed by atoms with Gasteiger partial charge in [-0.05, 0) is 54.1 Å². The van der Waals surface area contributed by atoms with Gasteiger partial charge in [-0.1, -0.05) is 53.8 Å². The Labute approximate surface area is 227 Å². The molecule has 3 aromatic rings. The van der Waals surface area contributed by atoms with Crippen LogP contribution in [0.2, 0.25) is 5.02 Å². The van der Waals surface area contributed by atoms with Crippen molar-refractivity contribution in [1.82, 2.24) is 0 Å². The number of para-hydroxylation sites is 2. The van der Waals surface area contributed by atoms with Gasteiger partial charge in [-0.3, -0.25) is 14.5 Å². The van der Waals surface area contributed by atoms with E-state index >= 15 is 0 Å². The number of benzene rings is 3. The van der Waals surface area contributed by atoms with Crippen LogP contribution in [0.4, 0.5) is 15.8 Å². The molecule has 7 nitrogen and oxygen atoms in total. The average molecular weight is 559 g/mol. The number of nitrogens with one attached hydrogen (secondary N) is 1. The molecule has 190 valence electrons. The van der Waals surface area contributed by atoms with Crippen molar-refractivity contribution in [3.05, 3.63) is 82.0 Å². The van der Waals surface area contributed by atoms with Gasteiger partial charge >= 0.3 is 0 Å². The van der Waals surface area contributed by atoms with Crippen molar-refractivity contribution in [2.24, 2.45) is 0 Å². The van der Waals surface area contributed by atoms with E-state index in [-0.39, 0.29) is 23.4 Å². The summed E-state index contributed by atoms with van der Waals surface area (Å²) in [4.78, 5) is 27.1. The van der Waals surface area contributed by atoms with Crippen LogP contribution in [0.3, 0.4) is 0 Å². The van der Waals surface area contributed by atoms with Crippen molar-refractivity contribution in [3.63, 3.8) is 0 Å². The molecule has 1 aliphatic heterocycles. The van der Waals surface area contributed by atoms with Gasteiger partial charge in [-0.15, -0.1) is 0 Å². The molecule has 0 aromatic heterocycles. The van der Waals surface area contributed by atoms with E-state index in [1.165, 1.54) is 37.3 Å². The number of anilines is 2. The lowest BCUT2D eigenvalue weighted by Gasteiger charge is -2.14. The van der Waals surface area contributed by atoms with E-state index in [0.717, 1.165) is 11.8 Å². The Bertz CT molecular complexity index is 1420. The Morgan fingerprint density at radius 3 is 2.57 bits per heavy atom. The van der Waals surface area contributed by atoms with Crippen LogP contribution < -0.4 is 24.4 Å². The molecule has 37 heavy (non-hydrogen) atoms. The van der Waals surface area contributed by atoms with E-state index in [9.17, 15) is 14.0 Å². The molecule has 4 rings (SSSR count). The lowest BCUT2D eigenvalue weighted by molar-refractivity contribution is -0.118. The molecule has 1 N–H and O–H groups in total. The van der Waals surface area contributed by atoms with E-state index in [0.29, 0.717) is 43.4 Å². The number of rotatable bonds is 8. The summed E-state index contributed by atoms with van der Waals surface area (Å²) in [5.74, 6) is -0.0584. The van der Waals surface area contributed by atoms with E-state index < -0.39 is 5.82 Å². The Morgan fingerprint density at radius 1 is 1.08 bits per heavy atom. The molecule has 3 aromatic carbocycles. The zero-order valence-electron chi connectivity index (χ0n) is 19.6. The number of ether oxygens (including phenoxy) is 3. The zero-order valence-corrected chi connectivity index (χ0v) is 22.0. The fraction of sp³-hybridized carbons (Fsp3) is 0.115. The van der Waals surface area contributed by atoms with Crippen molar-refractivity contribution >= 4 is 69.2 Å². The highest BCUT2D eigenvalue weighted by molar-refractivity contribution is 8.27. The molecule has 11 heteroatoms. The SMILES string of the molecule is COc1ccccc1NC(=O)COc1ccc(C=C2SC(=S)N(c3ccc(F)c(Cl)c3)C2=O)cc1OC. The maximum atomic E-state index is 13.5. The van der Waals surface area contributed by atoms with Crippen LogP contribution in [-0.4, -0.2) is 37.0 Å². The molecular weight excluding hydrogens is 539 g/mol. The van der Waals surface area contributed by atoms with Crippen molar-refractivity contribution in [2.75, 3.05) is 31.0 Å². The minimum Gasteiger partial charge on any atom is -0.495 e. The number of hydrogen-bond acceptors (Lipinski definition) is 7. The summed E-state index contributed by atoms with van der Waals surface area (Å²) in [7, 11) is 2.99. The minimum atomic E-state index is -0.585. The smallest absolute Gasteiger partial charge is 0.270 e. The van der Waals surface area contributed by atoms with Crippen LogP contribution in [0.25, 0.3) is 6.08 Å². The van der Waals surface area contributed by atoms with Crippen LogP contribution in [0.5, 0.6) is 17.2 Å². The first-order valence-corrected chi connectivity index (χ1v) is 12.4. The van der Waals surface area contributed by atoms with Crippen molar-refractivity contribution in [2.45, 2.75) is 0 Å². The molecule has 2 amide bonds. The molecule has 0 aliphatic carbocycles. The molecule has 0 unspecified atom stereocenters. The molecule has 0 atom stereocenters. The van der Waals surface area contributed by atoms with Gasteiger partial charge in [0.2, 0.25) is 0 Å². The molecule has 0 bridgehead atoms. The maximum absolute atomic E-state index is 13.5. The van der Waals surface area contributed by atoms with Gasteiger partial charge in [0.15, 0.2) is 22.4 Å². The highest BCUT2D eigenvalue weighted by Crippen LogP contribution is 2.38. The Balaban J connectivity index is 1.46. The highest BCUT2D eigenvalue weighted by atomic mass is 35.5. The molecular formula is C26H20ClFN2O5S2. The monoisotopic (exact) mass is 558 g/mol. The summed E-state index contributed by atoms with van der Waals surface area (Å²) < 4.78 is 30.1. The van der Waals surface area contributed by atoms with Crippen molar-refractivity contribution in [1.29, 1.82) is 0 Å². The second-order valence-electron chi connectivity index (χ2n) is 7.56. The maximum Gasteiger partial charge on any atom is 0.270 e. The fourth-order valence-electron chi connectivity index (χ4n) is 3.44. The van der Waals surface area contributed by atoms with E-state index in [2.05, 4.69) is 5.32 Å². The van der Waals surface area contributed by atoms with E-state index in [4.69, 9.17) is 38.0 Å². The average Bonchev–Trinajstić information content (AvgIpc) is 3.17.